The summed E-state index contributed by atoms with van der Waals surface area (Å²) < 4.78 is 11.2. The predicted octanol–water partition coefficient (Wildman–Crippen LogP) is 3.13. The van der Waals surface area contributed by atoms with Gasteiger partial charge in [0.2, 0.25) is 0 Å². The van der Waals surface area contributed by atoms with Crippen molar-refractivity contribution in [2.24, 2.45) is 5.92 Å². The summed E-state index contributed by atoms with van der Waals surface area (Å²) in [5.74, 6) is 0.591. The van der Waals surface area contributed by atoms with Crippen molar-refractivity contribution in [3.05, 3.63) is 12.2 Å². The highest BCUT2D eigenvalue weighted by molar-refractivity contribution is 4.89. The van der Waals surface area contributed by atoms with Gasteiger partial charge in [-0.05, 0) is 32.1 Å². The zero-order valence-corrected chi connectivity index (χ0v) is 9.53. The Balaban J connectivity index is 2.21. The Bertz CT molecular complexity index is 169. The van der Waals surface area contributed by atoms with Gasteiger partial charge in [0.05, 0.1) is 6.10 Å². The highest BCUT2D eigenvalue weighted by Crippen LogP contribution is 2.15. The summed E-state index contributed by atoms with van der Waals surface area (Å²) in [7, 11) is 0. The van der Waals surface area contributed by atoms with Crippen molar-refractivity contribution in [3.8, 4) is 0 Å². The summed E-state index contributed by atoms with van der Waals surface area (Å²) in [6.07, 6.45) is 7.92. The molecular formula is C12H22O2. The van der Waals surface area contributed by atoms with Gasteiger partial charge in [0.15, 0.2) is 6.29 Å². The van der Waals surface area contributed by atoms with Gasteiger partial charge in [0, 0.05) is 6.61 Å². The fourth-order valence-corrected chi connectivity index (χ4v) is 1.48. The number of allylic oxidation sites excluding steroid dienone is 1. The Hall–Kier alpha value is -0.340. The molecule has 2 nitrogen and oxygen atoms in total. The first kappa shape index (κ1) is 11.7. The second kappa shape index (κ2) is 6.20. The molecule has 0 amide bonds. The minimum atomic E-state index is 0.0237. The van der Waals surface area contributed by atoms with Crippen molar-refractivity contribution in [2.45, 2.75) is 52.4 Å². The van der Waals surface area contributed by atoms with E-state index in [-0.39, 0.29) is 12.4 Å². The molecular weight excluding hydrogens is 176 g/mol. The van der Waals surface area contributed by atoms with E-state index in [1.54, 1.807) is 0 Å². The standard InChI is InChI=1S/C12H22O2/c1-10(2)7-8-11(3)14-12-6-4-5-9-13-12/h7-8,10-12H,4-6,9H2,1-3H3. The third kappa shape index (κ3) is 4.77. The lowest BCUT2D eigenvalue weighted by molar-refractivity contribution is -0.175. The second-order valence-corrected chi connectivity index (χ2v) is 4.27. The molecule has 1 heterocycles. The molecule has 0 spiro atoms. The molecule has 0 aromatic rings. The van der Waals surface area contributed by atoms with Crippen molar-refractivity contribution in [2.75, 3.05) is 6.61 Å². The van der Waals surface area contributed by atoms with E-state index in [9.17, 15) is 0 Å². The molecule has 1 fully saturated rings. The maximum Gasteiger partial charge on any atom is 0.158 e. The molecule has 0 aliphatic carbocycles. The minimum absolute atomic E-state index is 0.0237. The molecule has 2 unspecified atom stereocenters. The SMILES string of the molecule is CC(C)C=CC(C)OC1CCCCO1. The topological polar surface area (TPSA) is 18.5 Å². The highest BCUT2D eigenvalue weighted by Gasteiger charge is 2.15. The molecule has 1 aliphatic rings. The van der Waals surface area contributed by atoms with Crippen LogP contribution in [0, 0.1) is 5.92 Å². The Morgan fingerprint density at radius 3 is 2.57 bits per heavy atom. The molecule has 0 aromatic carbocycles. The average Bonchev–Trinajstić information content (AvgIpc) is 2.16. The average molecular weight is 198 g/mol. The number of ether oxygens (including phenoxy) is 2. The molecule has 0 aromatic heterocycles. The van der Waals surface area contributed by atoms with E-state index in [0.717, 1.165) is 13.0 Å². The summed E-state index contributed by atoms with van der Waals surface area (Å²) in [5.41, 5.74) is 0. The predicted molar refractivity (Wildman–Crippen MR) is 58.1 cm³/mol. The molecule has 14 heavy (non-hydrogen) atoms. The van der Waals surface area contributed by atoms with Gasteiger partial charge in [-0.3, -0.25) is 0 Å². The Labute approximate surface area is 87.3 Å². The van der Waals surface area contributed by atoms with E-state index in [1.165, 1.54) is 12.8 Å². The van der Waals surface area contributed by atoms with Crippen LogP contribution in [-0.2, 0) is 9.47 Å². The summed E-state index contributed by atoms with van der Waals surface area (Å²) in [4.78, 5) is 0. The van der Waals surface area contributed by atoms with Crippen LogP contribution in [0.2, 0.25) is 0 Å². The van der Waals surface area contributed by atoms with Crippen LogP contribution in [0.25, 0.3) is 0 Å². The summed E-state index contributed by atoms with van der Waals surface area (Å²) in [6, 6.07) is 0. The van der Waals surface area contributed by atoms with Crippen molar-refractivity contribution >= 4 is 0 Å². The zero-order chi connectivity index (χ0) is 10.4. The smallest absolute Gasteiger partial charge is 0.158 e. The fraction of sp³-hybridized carbons (Fsp3) is 0.833. The molecule has 0 radical (unpaired) electrons. The Morgan fingerprint density at radius 2 is 2.00 bits per heavy atom. The fourth-order valence-electron chi connectivity index (χ4n) is 1.48. The van der Waals surface area contributed by atoms with Crippen molar-refractivity contribution in [1.82, 2.24) is 0 Å². The van der Waals surface area contributed by atoms with E-state index in [2.05, 4.69) is 32.9 Å². The maximum absolute atomic E-state index is 5.73. The van der Waals surface area contributed by atoms with Gasteiger partial charge in [-0.25, -0.2) is 0 Å². The normalized spacial score (nSPS) is 25.9. The van der Waals surface area contributed by atoms with E-state index in [4.69, 9.17) is 9.47 Å². The van der Waals surface area contributed by atoms with Gasteiger partial charge in [0.25, 0.3) is 0 Å². The Kier molecular flexibility index (Phi) is 5.20. The molecule has 2 atom stereocenters. The first-order chi connectivity index (χ1) is 6.68. The van der Waals surface area contributed by atoms with Crippen molar-refractivity contribution in [1.29, 1.82) is 0 Å². The van der Waals surface area contributed by atoms with Gasteiger partial charge in [-0.1, -0.05) is 26.0 Å². The van der Waals surface area contributed by atoms with Gasteiger partial charge in [-0.15, -0.1) is 0 Å². The van der Waals surface area contributed by atoms with Gasteiger partial charge in [-0.2, -0.15) is 0 Å². The van der Waals surface area contributed by atoms with Crippen molar-refractivity contribution in [3.63, 3.8) is 0 Å². The zero-order valence-electron chi connectivity index (χ0n) is 9.53. The molecule has 82 valence electrons. The number of rotatable bonds is 4. The summed E-state index contributed by atoms with van der Waals surface area (Å²) >= 11 is 0. The lowest BCUT2D eigenvalue weighted by Crippen LogP contribution is -2.25. The van der Waals surface area contributed by atoms with Crippen LogP contribution in [0.3, 0.4) is 0 Å². The molecule has 1 aliphatic heterocycles. The maximum atomic E-state index is 5.73. The third-order valence-corrected chi connectivity index (χ3v) is 2.27. The van der Waals surface area contributed by atoms with E-state index < -0.39 is 0 Å². The number of hydrogen-bond donors (Lipinski definition) is 0. The van der Waals surface area contributed by atoms with Crippen LogP contribution in [0.1, 0.15) is 40.0 Å². The molecule has 2 heteroatoms. The summed E-state index contributed by atoms with van der Waals surface area (Å²) in [5, 5.41) is 0. The van der Waals surface area contributed by atoms with E-state index in [1.807, 2.05) is 0 Å². The monoisotopic (exact) mass is 198 g/mol. The number of hydrogen-bond acceptors (Lipinski definition) is 2. The lowest BCUT2D eigenvalue weighted by Gasteiger charge is -2.24. The Morgan fingerprint density at radius 1 is 1.21 bits per heavy atom. The molecule has 0 N–H and O–H groups in total. The first-order valence-corrected chi connectivity index (χ1v) is 5.64. The first-order valence-electron chi connectivity index (χ1n) is 5.64. The summed E-state index contributed by atoms with van der Waals surface area (Å²) in [6.45, 7) is 7.25. The van der Waals surface area contributed by atoms with Crippen molar-refractivity contribution < 1.29 is 9.47 Å². The van der Waals surface area contributed by atoms with Crippen LogP contribution in [0.4, 0.5) is 0 Å². The molecule has 0 bridgehead atoms. The highest BCUT2D eigenvalue weighted by atomic mass is 16.7. The molecule has 1 saturated heterocycles. The van der Waals surface area contributed by atoms with Crippen LogP contribution < -0.4 is 0 Å². The quantitative estimate of drug-likeness (QED) is 0.646. The van der Waals surface area contributed by atoms with Gasteiger partial charge in [0.1, 0.15) is 0 Å². The van der Waals surface area contributed by atoms with Gasteiger partial charge >= 0.3 is 0 Å². The molecule has 0 saturated carbocycles. The third-order valence-electron chi connectivity index (χ3n) is 2.27. The van der Waals surface area contributed by atoms with Crippen LogP contribution in [0.15, 0.2) is 12.2 Å². The van der Waals surface area contributed by atoms with Crippen LogP contribution in [-0.4, -0.2) is 19.0 Å². The lowest BCUT2D eigenvalue weighted by atomic mass is 10.2. The minimum Gasteiger partial charge on any atom is -0.353 e. The van der Waals surface area contributed by atoms with E-state index >= 15 is 0 Å². The van der Waals surface area contributed by atoms with Crippen LogP contribution >= 0.6 is 0 Å². The van der Waals surface area contributed by atoms with E-state index in [0.29, 0.717) is 5.92 Å². The second-order valence-electron chi connectivity index (χ2n) is 4.27. The van der Waals surface area contributed by atoms with Gasteiger partial charge < -0.3 is 9.47 Å². The molecule has 1 rings (SSSR count). The largest absolute Gasteiger partial charge is 0.353 e. The van der Waals surface area contributed by atoms with Crippen LogP contribution in [0.5, 0.6) is 0 Å².